The average Bonchev–Trinajstić information content (AvgIpc) is 2.83. The van der Waals surface area contributed by atoms with Gasteiger partial charge in [-0.3, -0.25) is 14.6 Å². The van der Waals surface area contributed by atoms with Gasteiger partial charge in [0.1, 0.15) is 6.29 Å². The van der Waals surface area contributed by atoms with Crippen molar-refractivity contribution >= 4 is 22.0 Å². The van der Waals surface area contributed by atoms with Crippen molar-refractivity contribution in [3.63, 3.8) is 0 Å². The highest BCUT2D eigenvalue weighted by Gasteiger charge is 2.15. The largest absolute Gasteiger partial charge is 0.298 e. The quantitative estimate of drug-likeness (QED) is 0.793. The third kappa shape index (κ3) is 2.51. The zero-order chi connectivity index (χ0) is 12.3. The van der Waals surface area contributed by atoms with Crippen molar-refractivity contribution < 1.29 is 13.2 Å². The second-order valence-electron chi connectivity index (χ2n) is 3.27. The summed E-state index contributed by atoms with van der Waals surface area (Å²) in [6, 6.07) is 7.52. The Morgan fingerprint density at radius 2 is 2.12 bits per heavy atom. The molecular formula is C10H9N3O3S. The highest BCUT2D eigenvalue weighted by Crippen LogP contribution is 2.14. The van der Waals surface area contributed by atoms with Crippen LogP contribution in [0.1, 0.15) is 10.4 Å². The summed E-state index contributed by atoms with van der Waals surface area (Å²) in [6.07, 6.45) is 1.99. The molecule has 88 valence electrons. The number of hydrogen-bond donors (Lipinski definition) is 2. The predicted molar refractivity (Wildman–Crippen MR) is 61.2 cm³/mol. The van der Waals surface area contributed by atoms with Crippen molar-refractivity contribution in [3.8, 4) is 0 Å². The van der Waals surface area contributed by atoms with Crippen LogP contribution in [0.5, 0.6) is 0 Å². The molecule has 0 aliphatic rings. The summed E-state index contributed by atoms with van der Waals surface area (Å²) >= 11 is 0. The van der Waals surface area contributed by atoms with Crippen molar-refractivity contribution in [2.24, 2.45) is 0 Å². The van der Waals surface area contributed by atoms with E-state index < -0.39 is 10.0 Å². The summed E-state index contributed by atoms with van der Waals surface area (Å²) in [4.78, 5) is 10.6. The molecule has 0 bridgehead atoms. The Bertz CT molecular complexity index is 620. The maximum absolute atomic E-state index is 11.8. The van der Waals surface area contributed by atoms with Crippen LogP contribution in [0.15, 0.2) is 41.6 Å². The Morgan fingerprint density at radius 3 is 2.76 bits per heavy atom. The first-order valence-electron chi connectivity index (χ1n) is 4.69. The first kappa shape index (κ1) is 11.3. The number of nitrogens with one attached hydrogen (secondary N) is 2. The highest BCUT2D eigenvalue weighted by atomic mass is 32.2. The number of aldehydes is 1. The Balaban J connectivity index is 2.29. The molecule has 0 spiro atoms. The standard InChI is InChI=1S/C10H9N3O3S/c14-7-8-2-1-3-9(6-8)13-17(15,16)10-4-5-11-12-10/h1-7,13H,(H,11,12). The molecule has 0 aliphatic heterocycles. The van der Waals surface area contributed by atoms with E-state index in [2.05, 4.69) is 14.9 Å². The molecule has 6 nitrogen and oxygen atoms in total. The van der Waals surface area contributed by atoms with Crippen molar-refractivity contribution in [3.05, 3.63) is 42.1 Å². The van der Waals surface area contributed by atoms with Gasteiger partial charge in [-0.2, -0.15) is 13.5 Å². The molecule has 2 aromatic rings. The molecule has 0 fully saturated rings. The van der Waals surface area contributed by atoms with Crippen molar-refractivity contribution in [2.75, 3.05) is 4.72 Å². The molecule has 0 unspecified atom stereocenters. The van der Waals surface area contributed by atoms with E-state index in [1.54, 1.807) is 18.2 Å². The first-order valence-corrected chi connectivity index (χ1v) is 6.17. The van der Waals surface area contributed by atoms with E-state index >= 15 is 0 Å². The third-order valence-corrected chi connectivity index (χ3v) is 3.35. The van der Waals surface area contributed by atoms with Crippen LogP contribution < -0.4 is 4.72 Å². The van der Waals surface area contributed by atoms with E-state index in [-0.39, 0.29) is 5.03 Å². The molecule has 0 amide bonds. The number of anilines is 1. The molecule has 1 aromatic heterocycles. The lowest BCUT2D eigenvalue weighted by Gasteiger charge is -2.05. The maximum atomic E-state index is 11.8. The number of hydrogen-bond acceptors (Lipinski definition) is 4. The van der Waals surface area contributed by atoms with E-state index in [1.807, 2.05) is 0 Å². The summed E-state index contributed by atoms with van der Waals surface area (Å²) in [5.41, 5.74) is 0.721. The van der Waals surface area contributed by atoms with Crippen LogP contribution >= 0.6 is 0 Å². The van der Waals surface area contributed by atoms with E-state index in [4.69, 9.17) is 0 Å². The minimum Gasteiger partial charge on any atom is -0.298 e. The normalized spacial score (nSPS) is 11.1. The van der Waals surface area contributed by atoms with E-state index in [9.17, 15) is 13.2 Å². The van der Waals surface area contributed by atoms with Crippen LogP contribution in [0, 0.1) is 0 Å². The minimum absolute atomic E-state index is 0.0333. The summed E-state index contributed by atoms with van der Waals surface area (Å²) < 4.78 is 25.9. The maximum Gasteiger partial charge on any atom is 0.278 e. The second-order valence-corrected chi connectivity index (χ2v) is 4.92. The van der Waals surface area contributed by atoms with E-state index in [0.29, 0.717) is 17.5 Å². The first-order chi connectivity index (χ1) is 8.12. The molecule has 0 saturated heterocycles. The van der Waals surface area contributed by atoms with Crippen molar-refractivity contribution in [1.29, 1.82) is 0 Å². The number of carbonyl (C=O) groups excluding carboxylic acids is 1. The fourth-order valence-corrected chi connectivity index (χ4v) is 2.24. The number of carbonyl (C=O) groups is 1. The zero-order valence-electron chi connectivity index (χ0n) is 8.62. The van der Waals surface area contributed by atoms with Gasteiger partial charge in [-0.15, -0.1) is 0 Å². The van der Waals surface area contributed by atoms with Gasteiger partial charge in [-0.25, -0.2) is 0 Å². The molecule has 0 saturated carbocycles. The zero-order valence-corrected chi connectivity index (χ0v) is 9.44. The van der Waals surface area contributed by atoms with Gasteiger partial charge in [-0.05, 0) is 18.2 Å². The van der Waals surface area contributed by atoms with Crippen LogP contribution in [0.25, 0.3) is 0 Å². The molecular weight excluding hydrogens is 242 g/mol. The summed E-state index contributed by atoms with van der Waals surface area (Å²) in [6.45, 7) is 0. The topological polar surface area (TPSA) is 91.9 Å². The number of benzene rings is 1. The Hall–Kier alpha value is -2.15. The molecule has 1 aromatic carbocycles. The van der Waals surface area contributed by atoms with E-state index in [1.165, 1.54) is 18.3 Å². The van der Waals surface area contributed by atoms with Gasteiger partial charge in [-0.1, -0.05) is 12.1 Å². The van der Waals surface area contributed by atoms with Gasteiger partial charge in [0.15, 0.2) is 5.03 Å². The SMILES string of the molecule is O=Cc1cccc(NS(=O)(=O)c2ccn[nH]2)c1. The van der Waals surface area contributed by atoms with Crippen LogP contribution in [0.3, 0.4) is 0 Å². The van der Waals surface area contributed by atoms with Crippen molar-refractivity contribution in [2.45, 2.75) is 5.03 Å². The lowest BCUT2D eigenvalue weighted by atomic mass is 10.2. The van der Waals surface area contributed by atoms with Gasteiger partial charge in [0.2, 0.25) is 0 Å². The summed E-state index contributed by atoms with van der Waals surface area (Å²) in [5.74, 6) is 0. The Kier molecular flexibility index (Phi) is 2.92. The number of nitrogens with zero attached hydrogens (tertiary/aromatic N) is 1. The number of aromatic nitrogens is 2. The molecule has 1 heterocycles. The number of rotatable bonds is 4. The van der Waals surface area contributed by atoms with Crippen molar-refractivity contribution in [1.82, 2.24) is 10.2 Å². The van der Waals surface area contributed by atoms with Gasteiger partial charge in [0.25, 0.3) is 10.0 Å². The third-order valence-electron chi connectivity index (χ3n) is 2.04. The van der Waals surface area contributed by atoms with E-state index in [0.717, 1.165) is 0 Å². The number of H-pyrrole nitrogens is 1. The van der Waals surface area contributed by atoms with Gasteiger partial charge in [0, 0.05) is 11.3 Å². The minimum atomic E-state index is -3.68. The van der Waals surface area contributed by atoms with Crippen LogP contribution in [0.4, 0.5) is 5.69 Å². The molecule has 0 aliphatic carbocycles. The van der Waals surface area contributed by atoms with Gasteiger partial charge in [0.05, 0.1) is 6.20 Å². The van der Waals surface area contributed by atoms with Gasteiger partial charge >= 0.3 is 0 Å². The molecule has 0 atom stereocenters. The van der Waals surface area contributed by atoms with Crippen LogP contribution in [-0.2, 0) is 10.0 Å². The molecule has 2 rings (SSSR count). The second kappa shape index (κ2) is 4.38. The summed E-state index contributed by atoms with van der Waals surface area (Å²) in [7, 11) is -3.68. The predicted octanol–water partition coefficient (Wildman–Crippen LogP) is 1.02. The smallest absolute Gasteiger partial charge is 0.278 e. The van der Waals surface area contributed by atoms with Crippen LogP contribution in [-0.4, -0.2) is 24.9 Å². The Morgan fingerprint density at radius 1 is 1.29 bits per heavy atom. The highest BCUT2D eigenvalue weighted by molar-refractivity contribution is 7.92. The number of aromatic amines is 1. The fourth-order valence-electron chi connectivity index (χ4n) is 1.28. The molecule has 17 heavy (non-hydrogen) atoms. The molecule has 0 radical (unpaired) electrons. The summed E-state index contributed by atoms with van der Waals surface area (Å²) in [5, 5.41) is 5.89. The Labute approximate surface area is 97.7 Å². The number of sulfonamides is 1. The lowest BCUT2D eigenvalue weighted by Crippen LogP contribution is -2.13. The van der Waals surface area contributed by atoms with Crippen LogP contribution in [0.2, 0.25) is 0 Å². The molecule has 7 heteroatoms. The van der Waals surface area contributed by atoms with Gasteiger partial charge < -0.3 is 0 Å². The monoisotopic (exact) mass is 251 g/mol. The lowest BCUT2D eigenvalue weighted by molar-refractivity contribution is 0.112. The fraction of sp³-hybridized carbons (Fsp3) is 0. The molecule has 2 N–H and O–H groups in total. The average molecular weight is 251 g/mol.